The third kappa shape index (κ3) is 3.44. The van der Waals surface area contributed by atoms with Crippen LogP contribution in [0.1, 0.15) is 42.1 Å². The Bertz CT molecular complexity index is 1040. The van der Waals surface area contributed by atoms with Gasteiger partial charge in [0.1, 0.15) is 11.6 Å². The summed E-state index contributed by atoms with van der Waals surface area (Å²) < 4.78 is 7.67. The van der Waals surface area contributed by atoms with Crippen molar-refractivity contribution in [1.29, 1.82) is 0 Å². The fourth-order valence-electron chi connectivity index (χ4n) is 4.27. The zero-order valence-electron chi connectivity index (χ0n) is 15.9. The Morgan fingerprint density at radius 3 is 2.90 bits per heavy atom. The fourth-order valence-corrected chi connectivity index (χ4v) is 4.27. The van der Waals surface area contributed by atoms with Gasteiger partial charge in [0.25, 0.3) is 11.8 Å². The monoisotopic (exact) mass is 390 g/mol. The number of rotatable bonds is 3. The lowest BCUT2D eigenvalue weighted by molar-refractivity contribution is -0.118. The fraction of sp³-hybridized carbons (Fsp3) is 0.318. The molecule has 1 aliphatic carbocycles. The van der Waals surface area contributed by atoms with E-state index in [0.29, 0.717) is 23.0 Å². The van der Waals surface area contributed by atoms with E-state index in [1.165, 1.54) is 0 Å². The van der Waals surface area contributed by atoms with Gasteiger partial charge < -0.3 is 19.9 Å². The second-order valence-electron chi connectivity index (χ2n) is 7.67. The molecule has 7 nitrogen and oxygen atoms in total. The molecule has 29 heavy (non-hydrogen) atoms. The number of carbonyl (C=O) groups is 2. The van der Waals surface area contributed by atoms with E-state index in [2.05, 4.69) is 38.5 Å². The van der Waals surface area contributed by atoms with Crippen LogP contribution in [-0.2, 0) is 4.79 Å². The van der Waals surface area contributed by atoms with Crippen molar-refractivity contribution in [3.8, 4) is 17.1 Å². The number of nitrogens with zero attached hydrogens (tertiary/aromatic N) is 2. The summed E-state index contributed by atoms with van der Waals surface area (Å²) in [5.74, 6) is 1.27. The number of hydrogen-bond donors (Lipinski definition) is 2. The van der Waals surface area contributed by atoms with Gasteiger partial charge in [-0.05, 0) is 62.1 Å². The molecule has 1 aromatic carbocycles. The number of hydrogen-bond acceptors (Lipinski definition) is 4. The molecule has 1 saturated carbocycles. The summed E-state index contributed by atoms with van der Waals surface area (Å²) in [6.45, 7) is -0.0231. The molecular formula is C22H22N4O3. The molecular weight excluding hydrogens is 368 g/mol. The number of anilines is 1. The molecule has 148 valence electrons. The van der Waals surface area contributed by atoms with E-state index in [1.54, 1.807) is 18.2 Å². The van der Waals surface area contributed by atoms with Gasteiger partial charge in [0, 0.05) is 35.6 Å². The van der Waals surface area contributed by atoms with Crippen molar-refractivity contribution >= 4 is 17.5 Å². The van der Waals surface area contributed by atoms with Crippen LogP contribution in [0.2, 0.25) is 0 Å². The molecule has 3 aliphatic heterocycles. The molecule has 4 aliphatic rings. The van der Waals surface area contributed by atoms with E-state index in [-0.39, 0.29) is 24.5 Å². The molecule has 0 saturated heterocycles. The van der Waals surface area contributed by atoms with Crippen LogP contribution in [0, 0.1) is 0 Å². The van der Waals surface area contributed by atoms with Gasteiger partial charge in [0.15, 0.2) is 6.61 Å². The number of pyridine rings is 1. The van der Waals surface area contributed by atoms with Crippen molar-refractivity contribution in [2.75, 3.05) is 11.9 Å². The largest absolute Gasteiger partial charge is 0.482 e. The van der Waals surface area contributed by atoms with Gasteiger partial charge in [-0.2, -0.15) is 0 Å². The van der Waals surface area contributed by atoms with Crippen LogP contribution in [0.3, 0.4) is 0 Å². The lowest BCUT2D eigenvalue weighted by atomic mass is 9.90. The normalized spacial score (nSPS) is 21.2. The highest BCUT2D eigenvalue weighted by atomic mass is 16.5. The standard InChI is InChI=1S/C22H22N4O3/c27-20-13-29-19-12-15(3-8-18(19)25-20)22(28)24-16-4-6-17(7-5-16)26-11-1-2-14-9-10-23-21(14)26/h1-3,8-12,16-17H,4-7,13H2,(H,24,28)(H,25,27). The van der Waals surface area contributed by atoms with Gasteiger partial charge in [-0.1, -0.05) is 0 Å². The number of carbonyl (C=O) groups excluding carboxylic acids is 2. The molecule has 2 N–H and O–H groups in total. The SMILES string of the molecule is O=C1COc2cc(C(=O)NC3CCC(n4cccc5ccnc4-5)CC3)ccc2N1. The Balaban J connectivity index is 1.21. The number of aromatic nitrogens is 2. The van der Waals surface area contributed by atoms with Crippen LogP contribution in [0.15, 0.2) is 48.8 Å². The second-order valence-corrected chi connectivity index (χ2v) is 7.67. The molecule has 5 rings (SSSR count). The predicted molar refractivity (Wildman–Crippen MR) is 108 cm³/mol. The van der Waals surface area contributed by atoms with Crippen molar-refractivity contribution in [3.63, 3.8) is 0 Å². The van der Waals surface area contributed by atoms with Crippen LogP contribution >= 0.6 is 0 Å². The van der Waals surface area contributed by atoms with Crippen LogP contribution < -0.4 is 15.4 Å². The Morgan fingerprint density at radius 1 is 1.17 bits per heavy atom. The predicted octanol–water partition coefficient (Wildman–Crippen LogP) is 3.23. The third-order valence-electron chi connectivity index (χ3n) is 5.78. The molecule has 2 amide bonds. The molecule has 1 fully saturated rings. The number of ether oxygens (including phenoxy) is 1. The highest BCUT2D eigenvalue weighted by molar-refractivity contribution is 5.99. The first-order valence-corrected chi connectivity index (χ1v) is 9.96. The maximum absolute atomic E-state index is 12.7. The van der Waals surface area contributed by atoms with Crippen molar-refractivity contribution in [1.82, 2.24) is 14.9 Å². The van der Waals surface area contributed by atoms with E-state index >= 15 is 0 Å². The summed E-state index contributed by atoms with van der Waals surface area (Å²) in [5, 5.41) is 5.88. The quantitative estimate of drug-likeness (QED) is 0.719. The highest BCUT2D eigenvalue weighted by Gasteiger charge is 2.26. The molecule has 0 unspecified atom stereocenters. The van der Waals surface area contributed by atoms with Crippen molar-refractivity contribution < 1.29 is 14.3 Å². The molecule has 0 radical (unpaired) electrons. The Morgan fingerprint density at radius 2 is 2.03 bits per heavy atom. The Kier molecular flexibility index (Phi) is 4.42. The second kappa shape index (κ2) is 7.24. The third-order valence-corrected chi connectivity index (χ3v) is 5.78. The van der Waals surface area contributed by atoms with E-state index in [0.717, 1.165) is 37.1 Å². The molecule has 1 aromatic rings. The minimum atomic E-state index is -0.183. The molecule has 0 spiro atoms. The van der Waals surface area contributed by atoms with E-state index in [4.69, 9.17) is 4.74 Å². The van der Waals surface area contributed by atoms with Crippen LogP contribution in [0.5, 0.6) is 5.75 Å². The summed E-state index contributed by atoms with van der Waals surface area (Å²) in [5.41, 5.74) is 2.31. The van der Waals surface area contributed by atoms with Gasteiger partial charge in [-0.3, -0.25) is 9.59 Å². The first-order chi connectivity index (χ1) is 14.2. The van der Waals surface area contributed by atoms with E-state index in [9.17, 15) is 9.59 Å². The van der Waals surface area contributed by atoms with Gasteiger partial charge in [0.2, 0.25) is 0 Å². The highest BCUT2D eigenvalue weighted by Crippen LogP contribution is 2.33. The van der Waals surface area contributed by atoms with Gasteiger partial charge in [-0.25, -0.2) is 4.98 Å². The van der Waals surface area contributed by atoms with Crippen molar-refractivity contribution in [3.05, 3.63) is 54.4 Å². The number of nitrogens with one attached hydrogen (secondary N) is 2. The van der Waals surface area contributed by atoms with Crippen LogP contribution in [0.4, 0.5) is 5.69 Å². The summed E-state index contributed by atoms with van der Waals surface area (Å²) in [7, 11) is 0. The molecule has 0 aromatic heterocycles. The first-order valence-electron chi connectivity index (χ1n) is 9.96. The Labute approximate surface area is 168 Å². The number of amides is 2. The summed E-state index contributed by atoms with van der Waals surface area (Å²) in [6, 6.07) is 11.9. The zero-order chi connectivity index (χ0) is 19.8. The number of fused-ring (bicyclic) bond motifs is 2. The minimum absolute atomic E-state index is 0.0231. The lowest BCUT2D eigenvalue weighted by Crippen LogP contribution is -2.38. The maximum atomic E-state index is 12.7. The van der Waals surface area contributed by atoms with Crippen molar-refractivity contribution in [2.24, 2.45) is 0 Å². The number of benzene rings is 1. The first kappa shape index (κ1) is 17.7. The van der Waals surface area contributed by atoms with Crippen molar-refractivity contribution in [2.45, 2.75) is 37.8 Å². The summed E-state index contributed by atoms with van der Waals surface area (Å²) >= 11 is 0. The molecule has 0 bridgehead atoms. The minimum Gasteiger partial charge on any atom is -0.482 e. The molecule has 7 heteroatoms. The Hall–Kier alpha value is -3.35. The van der Waals surface area contributed by atoms with E-state index in [1.807, 2.05) is 12.3 Å². The summed E-state index contributed by atoms with van der Waals surface area (Å²) in [4.78, 5) is 28.6. The zero-order valence-corrected chi connectivity index (χ0v) is 15.9. The maximum Gasteiger partial charge on any atom is 0.262 e. The molecule has 0 atom stereocenters. The van der Waals surface area contributed by atoms with Crippen LogP contribution in [0.25, 0.3) is 11.4 Å². The molecule has 3 heterocycles. The topological polar surface area (TPSA) is 85.2 Å². The van der Waals surface area contributed by atoms with Crippen LogP contribution in [-0.4, -0.2) is 34.0 Å². The average Bonchev–Trinajstić information content (AvgIpc) is 3.23. The van der Waals surface area contributed by atoms with Gasteiger partial charge >= 0.3 is 0 Å². The smallest absolute Gasteiger partial charge is 0.262 e. The van der Waals surface area contributed by atoms with Gasteiger partial charge in [0.05, 0.1) is 5.69 Å². The van der Waals surface area contributed by atoms with E-state index < -0.39 is 0 Å². The van der Waals surface area contributed by atoms with Gasteiger partial charge in [-0.15, -0.1) is 0 Å². The lowest BCUT2D eigenvalue weighted by Gasteiger charge is -2.31. The summed E-state index contributed by atoms with van der Waals surface area (Å²) in [6.07, 6.45) is 7.81. The average molecular weight is 390 g/mol.